The Morgan fingerprint density at radius 2 is 2.25 bits per heavy atom. The summed E-state index contributed by atoms with van der Waals surface area (Å²) in [7, 11) is 0. The number of hydrogen-bond acceptors (Lipinski definition) is 5. The van der Waals surface area contributed by atoms with Crippen LogP contribution in [0.3, 0.4) is 0 Å². The molecule has 0 saturated carbocycles. The second kappa shape index (κ2) is 5.31. The highest BCUT2D eigenvalue weighted by Crippen LogP contribution is 2.00. The van der Waals surface area contributed by atoms with Gasteiger partial charge >= 0.3 is 5.97 Å². The van der Waals surface area contributed by atoms with Crippen LogP contribution in [0.1, 0.15) is 6.92 Å². The molecule has 0 radical (unpaired) electrons. The van der Waals surface area contributed by atoms with E-state index in [4.69, 9.17) is 5.11 Å². The number of carbonyl (C=O) groups is 2. The van der Waals surface area contributed by atoms with Gasteiger partial charge in [-0.3, -0.25) is 4.79 Å². The largest absolute Gasteiger partial charge is 0.450 e. The molecular formula is C7H10O5. The third-order valence-electron chi connectivity index (χ3n) is 1.07. The summed E-state index contributed by atoms with van der Waals surface area (Å²) in [5.41, 5.74) is 0. The molecule has 2 atom stereocenters. The van der Waals surface area contributed by atoms with Gasteiger partial charge in [0.05, 0.1) is 12.4 Å². The monoisotopic (exact) mass is 174 g/mol. The summed E-state index contributed by atoms with van der Waals surface area (Å²) in [6, 6.07) is 0. The Kier molecular flexibility index (Phi) is 4.71. The Hall–Kier alpha value is -1.36. The van der Waals surface area contributed by atoms with Crippen molar-refractivity contribution in [2.45, 2.75) is 19.1 Å². The van der Waals surface area contributed by atoms with Crippen LogP contribution in [-0.4, -0.2) is 29.8 Å². The zero-order valence-electron chi connectivity index (χ0n) is 6.60. The second-order valence-corrected chi connectivity index (χ2v) is 2.00. The quantitative estimate of drug-likeness (QED) is 0.348. The van der Waals surface area contributed by atoms with Crippen molar-refractivity contribution in [3.63, 3.8) is 0 Å². The van der Waals surface area contributed by atoms with E-state index in [1.165, 1.54) is 6.92 Å². The first-order valence-corrected chi connectivity index (χ1v) is 3.22. The number of esters is 1. The van der Waals surface area contributed by atoms with E-state index in [-0.39, 0.29) is 6.47 Å². The number of aliphatic hydroxyl groups is 1. The van der Waals surface area contributed by atoms with Gasteiger partial charge in [0.15, 0.2) is 0 Å². The first-order chi connectivity index (χ1) is 5.63. The summed E-state index contributed by atoms with van der Waals surface area (Å²) >= 11 is 0. The van der Waals surface area contributed by atoms with Gasteiger partial charge in [-0.2, -0.15) is 0 Å². The van der Waals surface area contributed by atoms with E-state index in [1.807, 2.05) is 0 Å². The Bertz CT molecular complexity index is 175. The lowest BCUT2D eigenvalue weighted by molar-refractivity contribution is -0.163. The normalized spacial score (nSPS) is 14.2. The van der Waals surface area contributed by atoms with Crippen LogP contribution in [0.25, 0.3) is 0 Å². The van der Waals surface area contributed by atoms with E-state index in [0.29, 0.717) is 0 Å². The van der Waals surface area contributed by atoms with Gasteiger partial charge in [0.25, 0.3) is 6.47 Å². The molecule has 0 aromatic heterocycles. The fraction of sp³-hybridized carbons (Fsp3) is 0.429. The van der Waals surface area contributed by atoms with Gasteiger partial charge in [0.2, 0.25) is 6.10 Å². The van der Waals surface area contributed by atoms with Crippen molar-refractivity contribution in [1.82, 2.24) is 0 Å². The minimum absolute atomic E-state index is 0.0712. The molecule has 0 saturated heterocycles. The van der Waals surface area contributed by atoms with Gasteiger partial charge in [-0.15, -0.1) is 0 Å². The molecule has 0 aliphatic rings. The van der Waals surface area contributed by atoms with Gasteiger partial charge in [-0.1, -0.05) is 6.58 Å². The minimum Gasteiger partial charge on any atom is -0.450 e. The lowest BCUT2D eigenvalue weighted by atomic mass is 10.2. The number of ether oxygens (including phenoxy) is 2. The number of carbonyl (C=O) groups excluding carboxylic acids is 2. The third kappa shape index (κ3) is 3.16. The molecular weight excluding hydrogens is 164 g/mol. The number of hydrogen-bond donors (Lipinski definition) is 1. The molecule has 2 unspecified atom stereocenters. The van der Waals surface area contributed by atoms with Gasteiger partial charge in [0, 0.05) is 0 Å². The highest BCUT2D eigenvalue weighted by Gasteiger charge is 2.26. The van der Waals surface area contributed by atoms with Crippen molar-refractivity contribution in [2.24, 2.45) is 0 Å². The van der Waals surface area contributed by atoms with Gasteiger partial charge in [-0.05, 0) is 6.92 Å². The van der Waals surface area contributed by atoms with Crippen LogP contribution >= 0.6 is 0 Å². The van der Waals surface area contributed by atoms with E-state index in [0.717, 1.165) is 6.26 Å². The maximum Gasteiger partial charge on any atom is 0.354 e. The summed E-state index contributed by atoms with van der Waals surface area (Å²) in [5, 5.41) is 8.92. The maximum absolute atomic E-state index is 10.8. The van der Waals surface area contributed by atoms with Crippen LogP contribution < -0.4 is 0 Å². The highest BCUT2D eigenvalue weighted by atomic mass is 16.6. The standard InChI is InChI=1S/C7H10O5/c1-3-11-7(10)6(5(2)9)12-4-8/h3-6,9H,1H2,2H3. The van der Waals surface area contributed by atoms with Crippen LogP contribution in [-0.2, 0) is 19.1 Å². The van der Waals surface area contributed by atoms with Crippen LogP contribution in [0.15, 0.2) is 12.8 Å². The lowest BCUT2D eigenvalue weighted by Crippen LogP contribution is -2.35. The molecule has 0 aromatic carbocycles. The fourth-order valence-electron chi connectivity index (χ4n) is 0.575. The molecule has 0 fully saturated rings. The van der Waals surface area contributed by atoms with E-state index >= 15 is 0 Å². The molecule has 0 amide bonds. The molecule has 1 N–H and O–H groups in total. The molecule has 5 heteroatoms. The van der Waals surface area contributed by atoms with Crippen LogP contribution in [0.2, 0.25) is 0 Å². The van der Waals surface area contributed by atoms with E-state index in [1.54, 1.807) is 0 Å². The molecule has 0 aliphatic heterocycles. The average molecular weight is 174 g/mol. The summed E-state index contributed by atoms with van der Waals surface area (Å²) < 4.78 is 8.56. The Morgan fingerprint density at radius 1 is 1.67 bits per heavy atom. The van der Waals surface area contributed by atoms with Crippen molar-refractivity contribution < 1.29 is 24.2 Å². The average Bonchev–Trinajstić information content (AvgIpc) is 1.99. The highest BCUT2D eigenvalue weighted by molar-refractivity contribution is 5.77. The predicted octanol–water partition coefficient (Wildman–Crippen LogP) is -0.405. The molecule has 12 heavy (non-hydrogen) atoms. The third-order valence-corrected chi connectivity index (χ3v) is 1.07. The maximum atomic E-state index is 10.8. The van der Waals surface area contributed by atoms with Crippen molar-refractivity contribution in [1.29, 1.82) is 0 Å². The van der Waals surface area contributed by atoms with Gasteiger partial charge in [-0.25, -0.2) is 4.79 Å². The molecule has 68 valence electrons. The molecule has 0 aromatic rings. The second-order valence-electron chi connectivity index (χ2n) is 2.00. The topological polar surface area (TPSA) is 72.8 Å². The van der Waals surface area contributed by atoms with E-state index in [2.05, 4.69) is 16.1 Å². The van der Waals surface area contributed by atoms with Gasteiger partial charge < -0.3 is 14.6 Å². The minimum atomic E-state index is -1.29. The lowest BCUT2D eigenvalue weighted by Gasteiger charge is -2.14. The fourth-order valence-corrected chi connectivity index (χ4v) is 0.575. The van der Waals surface area contributed by atoms with Crippen LogP contribution in [0, 0.1) is 0 Å². The SMILES string of the molecule is C=COC(=O)C(OC=O)C(C)O. The Morgan fingerprint density at radius 3 is 2.58 bits per heavy atom. The Balaban J connectivity index is 4.17. The first-order valence-electron chi connectivity index (χ1n) is 3.22. The summed E-state index contributed by atoms with van der Waals surface area (Å²) in [5.74, 6) is -0.855. The molecule has 0 aliphatic carbocycles. The molecule has 0 rings (SSSR count). The summed E-state index contributed by atoms with van der Waals surface area (Å²) in [6.07, 6.45) is -1.51. The van der Waals surface area contributed by atoms with Crippen molar-refractivity contribution in [3.05, 3.63) is 12.8 Å². The molecule has 0 bridgehead atoms. The predicted molar refractivity (Wildman–Crippen MR) is 38.9 cm³/mol. The molecule has 0 spiro atoms. The van der Waals surface area contributed by atoms with Gasteiger partial charge in [0.1, 0.15) is 0 Å². The Labute approximate surface area is 69.6 Å². The molecule has 0 heterocycles. The van der Waals surface area contributed by atoms with Crippen LogP contribution in [0.4, 0.5) is 0 Å². The summed E-state index contributed by atoms with van der Waals surface area (Å²) in [6.45, 7) is 4.51. The van der Waals surface area contributed by atoms with Crippen molar-refractivity contribution in [3.8, 4) is 0 Å². The van der Waals surface area contributed by atoms with E-state index < -0.39 is 18.2 Å². The van der Waals surface area contributed by atoms with Crippen LogP contribution in [0.5, 0.6) is 0 Å². The zero-order chi connectivity index (χ0) is 9.56. The van der Waals surface area contributed by atoms with Crippen molar-refractivity contribution >= 4 is 12.4 Å². The first kappa shape index (κ1) is 10.6. The van der Waals surface area contributed by atoms with Crippen molar-refractivity contribution in [2.75, 3.05) is 0 Å². The number of aliphatic hydroxyl groups excluding tert-OH is 1. The smallest absolute Gasteiger partial charge is 0.354 e. The summed E-state index contributed by atoms with van der Waals surface area (Å²) in [4.78, 5) is 20.7. The molecule has 5 nitrogen and oxygen atoms in total. The zero-order valence-corrected chi connectivity index (χ0v) is 6.60. The number of rotatable bonds is 5. The van der Waals surface area contributed by atoms with E-state index in [9.17, 15) is 9.59 Å².